The highest BCUT2D eigenvalue weighted by Crippen LogP contribution is 1.94. The summed E-state index contributed by atoms with van der Waals surface area (Å²) < 4.78 is 10.4. The highest BCUT2D eigenvalue weighted by Gasteiger charge is 1.98. The lowest BCUT2D eigenvalue weighted by molar-refractivity contribution is -0.126. The predicted molar refractivity (Wildman–Crippen MR) is 42.4 cm³/mol. The first-order chi connectivity index (χ1) is 4.81. The van der Waals surface area contributed by atoms with Crippen LogP contribution in [0.1, 0.15) is 20.3 Å². The second-order valence-corrected chi connectivity index (χ2v) is 2.38. The molecule has 0 saturated carbocycles. The fourth-order valence-corrected chi connectivity index (χ4v) is 0.632. The van der Waals surface area contributed by atoms with Crippen molar-refractivity contribution in [1.29, 1.82) is 0 Å². The number of hydrogen-bond donors (Lipinski definition) is 0. The zero-order chi connectivity index (χ0) is 7.82. The molecule has 3 heteroatoms. The molecular weight excluding hydrogens is 152 g/mol. The highest BCUT2D eigenvalue weighted by atomic mass is 35.5. The van der Waals surface area contributed by atoms with Gasteiger partial charge in [-0.05, 0) is 13.3 Å². The normalized spacial score (nSPS) is 13.5. The summed E-state index contributed by atoms with van der Waals surface area (Å²) in [5, 5.41) is 0. The van der Waals surface area contributed by atoms with E-state index in [1.165, 1.54) is 0 Å². The largest absolute Gasteiger partial charge is 0.353 e. The standard InChI is InChI=1S/C7H15ClO2/c1-3-5-9-7(2)10-6-4-8/h7H,3-6H2,1-2H3. The van der Waals surface area contributed by atoms with Crippen LogP contribution in [0.25, 0.3) is 0 Å². The molecule has 0 bridgehead atoms. The average Bonchev–Trinajstić information content (AvgIpc) is 1.97. The van der Waals surface area contributed by atoms with Crippen LogP contribution in [-0.4, -0.2) is 25.4 Å². The van der Waals surface area contributed by atoms with Crippen molar-refractivity contribution in [2.75, 3.05) is 19.1 Å². The molecular formula is C7H15ClO2. The van der Waals surface area contributed by atoms with Crippen LogP contribution in [0.15, 0.2) is 0 Å². The summed E-state index contributed by atoms with van der Waals surface area (Å²) in [4.78, 5) is 0. The first-order valence-corrected chi connectivity index (χ1v) is 4.13. The Hall–Kier alpha value is 0.210. The fraction of sp³-hybridized carbons (Fsp3) is 1.00. The maximum atomic E-state index is 5.40. The molecule has 0 heterocycles. The number of halogens is 1. The van der Waals surface area contributed by atoms with Crippen molar-refractivity contribution in [2.45, 2.75) is 26.6 Å². The van der Waals surface area contributed by atoms with Crippen LogP contribution in [-0.2, 0) is 9.47 Å². The Morgan fingerprint density at radius 3 is 2.40 bits per heavy atom. The molecule has 62 valence electrons. The summed E-state index contributed by atoms with van der Waals surface area (Å²) in [6, 6.07) is 0. The fourth-order valence-electron chi connectivity index (χ4n) is 0.542. The van der Waals surface area contributed by atoms with Crippen molar-refractivity contribution in [1.82, 2.24) is 0 Å². The molecule has 0 spiro atoms. The molecule has 0 aromatic heterocycles. The molecule has 0 amide bonds. The van der Waals surface area contributed by atoms with Gasteiger partial charge in [0.15, 0.2) is 6.29 Å². The van der Waals surface area contributed by atoms with Crippen LogP contribution in [0.4, 0.5) is 0 Å². The monoisotopic (exact) mass is 166 g/mol. The van der Waals surface area contributed by atoms with E-state index in [2.05, 4.69) is 6.92 Å². The van der Waals surface area contributed by atoms with Gasteiger partial charge in [0.1, 0.15) is 0 Å². The third-order valence-corrected chi connectivity index (χ3v) is 1.14. The minimum absolute atomic E-state index is 0.112. The summed E-state index contributed by atoms with van der Waals surface area (Å²) in [6.45, 7) is 5.26. The van der Waals surface area contributed by atoms with Crippen molar-refractivity contribution in [3.05, 3.63) is 0 Å². The van der Waals surface area contributed by atoms with Crippen molar-refractivity contribution in [3.8, 4) is 0 Å². The first kappa shape index (κ1) is 10.2. The summed E-state index contributed by atoms with van der Waals surface area (Å²) >= 11 is 5.40. The molecule has 0 N–H and O–H groups in total. The molecule has 1 unspecified atom stereocenters. The van der Waals surface area contributed by atoms with Gasteiger partial charge in [-0.15, -0.1) is 11.6 Å². The number of hydrogen-bond acceptors (Lipinski definition) is 2. The molecule has 0 aliphatic carbocycles. The van der Waals surface area contributed by atoms with Crippen molar-refractivity contribution in [3.63, 3.8) is 0 Å². The zero-order valence-corrected chi connectivity index (χ0v) is 7.36. The van der Waals surface area contributed by atoms with Gasteiger partial charge in [-0.25, -0.2) is 0 Å². The van der Waals surface area contributed by atoms with E-state index < -0.39 is 0 Å². The Kier molecular flexibility index (Phi) is 7.47. The summed E-state index contributed by atoms with van der Waals surface area (Å²) in [6.07, 6.45) is 0.910. The van der Waals surface area contributed by atoms with E-state index in [9.17, 15) is 0 Å². The minimum atomic E-state index is -0.112. The van der Waals surface area contributed by atoms with Crippen molar-refractivity contribution < 1.29 is 9.47 Å². The van der Waals surface area contributed by atoms with Crippen LogP contribution < -0.4 is 0 Å². The molecule has 2 nitrogen and oxygen atoms in total. The van der Waals surface area contributed by atoms with Gasteiger partial charge in [0.2, 0.25) is 0 Å². The van der Waals surface area contributed by atoms with E-state index in [1.54, 1.807) is 0 Å². The van der Waals surface area contributed by atoms with Gasteiger partial charge in [-0.3, -0.25) is 0 Å². The molecule has 0 saturated heterocycles. The van der Waals surface area contributed by atoms with Crippen LogP contribution >= 0.6 is 11.6 Å². The van der Waals surface area contributed by atoms with E-state index in [0.717, 1.165) is 13.0 Å². The van der Waals surface area contributed by atoms with Crippen molar-refractivity contribution >= 4 is 11.6 Å². The predicted octanol–water partition coefficient (Wildman–Crippen LogP) is 2.01. The van der Waals surface area contributed by atoms with Crippen molar-refractivity contribution in [2.24, 2.45) is 0 Å². The number of ether oxygens (including phenoxy) is 2. The van der Waals surface area contributed by atoms with Gasteiger partial charge in [-0.2, -0.15) is 0 Å². The molecule has 0 rings (SSSR count). The summed E-state index contributed by atoms with van der Waals surface area (Å²) in [5.74, 6) is 0.528. The quantitative estimate of drug-likeness (QED) is 0.444. The SMILES string of the molecule is CCCOC(C)OCCCl. The average molecular weight is 167 g/mol. The smallest absolute Gasteiger partial charge is 0.154 e. The Morgan fingerprint density at radius 2 is 1.90 bits per heavy atom. The van der Waals surface area contributed by atoms with E-state index >= 15 is 0 Å². The van der Waals surface area contributed by atoms with Gasteiger partial charge in [-0.1, -0.05) is 6.92 Å². The summed E-state index contributed by atoms with van der Waals surface area (Å²) in [5.41, 5.74) is 0. The molecule has 0 aromatic carbocycles. The Labute approximate surface area is 67.5 Å². The molecule has 0 aliphatic rings. The zero-order valence-electron chi connectivity index (χ0n) is 6.60. The number of rotatable bonds is 6. The van der Waals surface area contributed by atoms with Gasteiger partial charge >= 0.3 is 0 Å². The molecule has 10 heavy (non-hydrogen) atoms. The maximum absolute atomic E-state index is 5.40. The van der Waals surface area contributed by atoms with E-state index in [4.69, 9.17) is 21.1 Å². The third-order valence-electron chi connectivity index (χ3n) is 0.986. The highest BCUT2D eigenvalue weighted by molar-refractivity contribution is 6.17. The Bertz CT molecular complexity index is 60.6. The molecule has 0 radical (unpaired) electrons. The van der Waals surface area contributed by atoms with Crippen LogP contribution in [0, 0.1) is 0 Å². The number of alkyl halides is 1. The van der Waals surface area contributed by atoms with Gasteiger partial charge < -0.3 is 9.47 Å². The Balaban J connectivity index is 3.00. The van der Waals surface area contributed by atoms with Crippen LogP contribution in [0.2, 0.25) is 0 Å². The molecule has 1 atom stereocenters. The third kappa shape index (κ3) is 6.33. The van der Waals surface area contributed by atoms with Gasteiger partial charge in [0.05, 0.1) is 6.61 Å². The lowest BCUT2D eigenvalue weighted by Crippen LogP contribution is -2.14. The second-order valence-electron chi connectivity index (χ2n) is 2.00. The van der Waals surface area contributed by atoms with Gasteiger partial charge in [0, 0.05) is 12.5 Å². The van der Waals surface area contributed by atoms with E-state index in [0.29, 0.717) is 12.5 Å². The summed E-state index contributed by atoms with van der Waals surface area (Å²) in [7, 11) is 0. The minimum Gasteiger partial charge on any atom is -0.353 e. The van der Waals surface area contributed by atoms with Crippen LogP contribution in [0.3, 0.4) is 0 Å². The Morgan fingerprint density at radius 1 is 1.30 bits per heavy atom. The van der Waals surface area contributed by atoms with Gasteiger partial charge in [0.25, 0.3) is 0 Å². The molecule has 0 aliphatic heterocycles. The lowest BCUT2D eigenvalue weighted by Gasteiger charge is -2.11. The van der Waals surface area contributed by atoms with Crippen LogP contribution in [0.5, 0.6) is 0 Å². The molecule has 0 fully saturated rings. The topological polar surface area (TPSA) is 18.5 Å². The lowest BCUT2D eigenvalue weighted by atomic mass is 10.5. The first-order valence-electron chi connectivity index (χ1n) is 3.60. The van der Waals surface area contributed by atoms with E-state index in [-0.39, 0.29) is 6.29 Å². The molecule has 0 aromatic rings. The maximum Gasteiger partial charge on any atom is 0.154 e. The second kappa shape index (κ2) is 7.32. The van der Waals surface area contributed by atoms with E-state index in [1.807, 2.05) is 6.92 Å².